The van der Waals surface area contributed by atoms with Gasteiger partial charge in [0, 0.05) is 54.9 Å². The Labute approximate surface area is 138 Å². The molecule has 7 heteroatoms. The van der Waals surface area contributed by atoms with E-state index in [4.69, 9.17) is 0 Å². The van der Waals surface area contributed by atoms with Crippen LogP contribution in [0.15, 0.2) is 16.7 Å². The monoisotopic (exact) mass is 372 g/mol. The van der Waals surface area contributed by atoms with Gasteiger partial charge in [-0.3, -0.25) is 9.69 Å². The zero-order valence-corrected chi connectivity index (χ0v) is 14.6. The Balaban J connectivity index is 1.88. The molecule has 0 atom stereocenters. The van der Waals surface area contributed by atoms with Crippen molar-refractivity contribution >= 4 is 39.4 Å². The smallest absolute Gasteiger partial charge is 0.255 e. The highest BCUT2D eigenvalue weighted by atomic mass is 79.9. The second-order valence-corrected chi connectivity index (χ2v) is 6.93. The predicted octanol–water partition coefficient (Wildman–Crippen LogP) is 2.05. The van der Waals surface area contributed by atoms with Crippen molar-refractivity contribution in [3.8, 4) is 0 Å². The lowest BCUT2D eigenvalue weighted by atomic mass is 10.2. The van der Waals surface area contributed by atoms with Crippen LogP contribution in [-0.4, -0.2) is 60.0 Å². The van der Waals surface area contributed by atoms with Crippen LogP contribution in [-0.2, 0) is 0 Å². The maximum absolute atomic E-state index is 12.3. The van der Waals surface area contributed by atoms with Gasteiger partial charge < -0.3 is 10.6 Å². The van der Waals surface area contributed by atoms with Crippen LogP contribution in [0.4, 0.5) is 5.82 Å². The lowest BCUT2D eigenvalue weighted by molar-refractivity contribution is 0.0949. The second kappa shape index (κ2) is 8.60. The van der Waals surface area contributed by atoms with Crippen molar-refractivity contribution in [2.45, 2.75) is 6.92 Å². The molecule has 0 aromatic carbocycles. The molecule has 0 unspecified atom stereocenters. The number of rotatable bonds is 6. The molecule has 5 nitrogen and oxygen atoms in total. The van der Waals surface area contributed by atoms with E-state index in [1.54, 1.807) is 12.3 Å². The number of pyridine rings is 1. The Morgan fingerprint density at radius 3 is 2.95 bits per heavy atom. The molecule has 0 bridgehead atoms. The van der Waals surface area contributed by atoms with Gasteiger partial charge in [0.25, 0.3) is 5.91 Å². The predicted molar refractivity (Wildman–Crippen MR) is 92.2 cm³/mol. The van der Waals surface area contributed by atoms with Crippen molar-refractivity contribution < 1.29 is 4.79 Å². The van der Waals surface area contributed by atoms with Crippen LogP contribution in [0.25, 0.3) is 0 Å². The van der Waals surface area contributed by atoms with Gasteiger partial charge in [0.2, 0.25) is 0 Å². The fourth-order valence-corrected chi connectivity index (χ4v) is 3.48. The van der Waals surface area contributed by atoms with E-state index in [1.165, 1.54) is 11.5 Å². The van der Waals surface area contributed by atoms with Crippen LogP contribution in [0.2, 0.25) is 0 Å². The van der Waals surface area contributed by atoms with E-state index in [9.17, 15) is 4.79 Å². The van der Waals surface area contributed by atoms with Crippen molar-refractivity contribution in [1.29, 1.82) is 0 Å². The molecule has 2 rings (SSSR count). The van der Waals surface area contributed by atoms with E-state index in [2.05, 4.69) is 36.4 Å². The van der Waals surface area contributed by atoms with E-state index in [0.29, 0.717) is 17.9 Å². The molecule has 0 saturated carbocycles. The van der Waals surface area contributed by atoms with Crippen LogP contribution in [0.1, 0.15) is 17.3 Å². The first-order valence-corrected chi connectivity index (χ1v) is 9.13. The zero-order valence-electron chi connectivity index (χ0n) is 12.2. The number of carbonyl (C=O) groups is 1. The Kier molecular flexibility index (Phi) is 6.79. The quantitative estimate of drug-likeness (QED) is 0.800. The average molecular weight is 373 g/mol. The summed E-state index contributed by atoms with van der Waals surface area (Å²) in [5, 5.41) is 6.10. The summed E-state index contributed by atoms with van der Waals surface area (Å²) in [7, 11) is 0. The van der Waals surface area contributed by atoms with Crippen LogP contribution in [0.5, 0.6) is 0 Å². The Hall–Kier alpha value is -0.790. The van der Waals surface area contributed by atoms with Gasteiger partial charge in [0.1, 0.15) is 5.82 Å². The topological polar surface area (TPSA) is 57.3 Å². The van der Waals surface area contributed by atoms with Gasteiger partial charge >= 0.3 is 0 Å². The summed E-state index contributed by atoms with van der Waals surface area (Å²) in [6.45, 7) is 6.52. The Morgan fingerprint density at radius 2 is 2.24 bits per heavy atom. The molecule has 1 aromatic heterocycles. The molecule has 116 valence electrons. The largest absolute Gasteiger partial charge is 0.370 e. The Bertz CT molecular complexity index is 480. The molecule has 1 aromatic rings. The molecule has 0 spiro atoms. The van der Waals surface area contributed by atoms with Crippen LogP contribution < -0.4 is 10.6 Å². The van der Waals surface area contributed by atoms with E-state index in [1.807, 2.05) is 18.7 Å². The first-order valence-electron chi connectivity index (χ1n) is 7.18. The maximum atomic E-state index is 12.3. The van der Waals surface area contributed by atoms with E-state index < -0.39 is 0 Å². The van der Waals surface area contributed by atoms with Crippen molar-refractivity contribution in [2.75, 3.05) is 49.5 Å². The summed E-state index contributed by atoms with van der Waals surface area (Å²) < 4.78 is 0.808. The molecule has 1 aliphatic heterocycles. The lowest BCUT2D eigenvalue weighted by Crippen LogP contribution is -2.39. The lowest BCUT2D eigenvalue weighted by Gasteiger charge is -2.26. The van der Waals surface area contributed by atoms with Gasteiger partial charge in [0.15, 0.2) is 0 Å². The number of carbonyl (C=O) groups excluding carboxylic acids is 1. The summed E-state index contributed by atoms with van der Waals surface area (Å²) in [4.78, 5) is 18.9. The van der Waals surface area contributed by atoms with Gasteiger partial charge in [-0.25, -0.2) is 4.98 Å². The fraction of sp³-hybridized carbons (Fsp3) is 0.571. The highest BCUT2D eigenvalue weighted by molar-refractivity contribution is 9.10. The summed E-state index contributed by atoms with van der Waals surface area (Å²) in [5.74, 6) is 2.93. The maximum Gasteiger partial charge on any atom is 0.255 e. The molecular weight excluding hydrogens is 352 g/mol. The number of anilines is 1. The first kappa shape index (κ1) is 16.6. The van der Waals surface area contributed by atoms with E-state index >= 15 is 0 Å². The highest BCUT2D eigenvalue weighted by Gasteiger charge is 2.14. The van der Waals surface area contributed by atoms with Crippen molar-refractivity contribution in [1.82, 2.24) is 15.2 Å². The van der Waals surface area contributed by atoms with Crippen LogP contribution in [0.3, 0.4) is 0 Å². The SMILES string of the molecule is CCNc1ncc(Br)cc1C(=O)NCCN1CCSCC1. The molecule has 1 saturated heterocycles. The number of halogens is 1. The van der Waals surface area contributed by atoms with Gasteiger partial charge in [-0.1, -0.05) is 0 Å². The van der Waals surface area contributed by atoms with Gasteiger partial charge in [0.05, 0.1) is 5.56 Å². The summed E-state index contributed by atoms with van der Waals surface area (Å²) in [6, 6.07) is 1.80. The normalized spacial score (nSPS) is 15.7. The molecular formula is C14H21BrN4OS. The first-order chi connectivity index (χ1) is 10.2. The molecule has 0 aliphatic carbocycles. The van der Waals surface area contributed by atoms with Crippen molar-refractivity contribution in [2.24, 2.45) is 0 Å². The molecule has 0 radical (unpaired) electrons. The fourth-order valence-electron chi connectivity index (χ4n) is 2.17. The minimum atomic E-state index is -0.0777. The molecule has 1 aliphatic rings. The number of amides is 1. The molecule has 1 amide bonds. The standard InChI is InChI=1S/C14H21BrN4OS/c1-2-16-13-12(9-11(15)10-18-13)14(20)17-3-4-19-5-7-21-8-6-19/h9-10H,2-8H2,1H3,(H,16,18)(H,17,20). The minimum absolute atomic E-state index is 0.0777. The average Bonchev–Trinajstić information content (AvgIpc) is 2.50. The third kappa shape index (κ3) is 5.16. The van der Waals surface area contributed by atoms with Gasteiger partial charge in [-0.15, -0.1) is 0 Å². The summed E-state index contributed by atoms with van der Waals surface area (Å²) >= 11 is 5.36. The van der Waals surface area contributed by atoms with Crippen LogP contribution in [0, 0.1) is 0 Å². The van der Waals surface area contributed by atoms with Crippen molar-refractivity contribution in [3.05, 3.63) is 22.3 Å². The molecule has 1 fully saturated rings. The molecule has 2 N–H and O–H groups in total. The Morgan fingerprint density at radius 1 is 1.48 bits per heavy atom. The zero-order chi connectivity index (χ0) is 15.1. The number of aromatic nitrogens is 1. The van der Waals surface area contributed by atoms with Crippen LogP contribution >= 0.6 is 27.7 Å². The van der Waals surface area contributed by atoms with Gasteiger partial charge in [-0.2, -0.15) is 11.8 Å². The third-order valence-electron chi connectivity index (χ3n) is 3.26. The van der Waals surface area contributed by atoms with Gasteiger partial charge in [-0.05, 0) is 28.9 Å². The summed E-state index contributed by atoms with van der Waals surface area (Å²) in [6.07, 6.45) is 1.69. The molecule has 2 heterocycles. The second-order valence-electron chi connectivity index (χ2n) is 4.79. The minimum Gasteiger partial charge on any atom is -0.370 e. The number of hydrogen-bond acceptors (Lipinski definition) is 5. The van der Waals surface area contributed by atoms with E-state index in [0.717, 1.165) is 30.7 Å². The number of nitrogens with one attached hydrogen (secondary N) is 2. The summed E-state index contributed by atoms with van der Waals surface area (Å²) in [5.41, 5.74) is 0.584. The number of hydrogen-bond donors (Lipinski definition) is 2. The third-order valence-corrected chi connectivity index (χ3v) is 4.64. The molecule has 21 heavy (non-hydrogen) atoms. The number of nitrogens with zero attached hydrogens (tertiary/aromatic N) is 2. The highest BCUT2D eigenvalue weighted by Crippen LogP contribution is 2.17. The van der Waals surface area contributed by atoms with Crippen molar-refractivity contribution in [3.63, 3.8) is 0 Å². The van der Waals surface area contributed by atoms with E-state index in [-0.39, 0.29) is 5.91 Å². The number of thioether (sulfide) groups is 1.